The lowest BCUT2D eigenvalue weighted by molar-refractivity contribution is -0.185. The third-order valence-electron chi connectivity index (χ3n) is 9.29. The number of nitrogens with two attached hydrogens (primary N) is 1. The average molecular weight is 643 g/mol. The normalized spacial score (nSPS) is 19.1. The van der Waals surface area contributed by atoms with E-state index >= 15 is 4.79 Å². The van der Waals surface area contributed by atoms with Crippen LogP contribution >= 0.6 is 0 Å². The van der Waals surface area contributed by atoms with E-state index in [0.717, 1.165) is 22.9 Å². The number of aromatic amines is 1. The van der Waals surface area contributed by atoms with Crippen LogP contribution in [0.2, 0.25) is 0 Å². The van der Waals surface area contributed by atoms with Gasteiger partial charge < -0.3 is 35.9 Å². The first kappa shape index (κ1) is 37.5. The van der Waals surface area contributed by atoms with Gasteiger partial charge in [0, 0.05) is 17.1 Å². The van der Waals surface area contributed by atoms with Crippen molar-refractivity contribution in [2.75, 3.05) is 0 Å². The number of amides is 2. The SMILES string of the molecule is CC[C@H](C)[C@H](NC(=O)[C@H](C)N)C(=O)N([C@@H](Cc1c[nH]c2ccccc12)[C@@H](O)[C@@H](O)CC(C)C)C1(C(=O)OC(C)(C)C)CCCCC1. The number of rotatable bonds is 14. The molecule has 1 saturated carbocycles. The highest BCUT2D eigenvalue weighted by atomic mass is 16.6. The first-order valence-corrected chi connectivity index (χ1v) is 17.1. The third kappa shape index (κ3) is 8.89. The molecule has 6 N–H and O–H groups in total. The summed E-state index contributed by atoms with van der Waals surface area (Å²) >= 11 is 0. The van der Waals surface area contributed by atoms with E-state index < -0.39 is 59.3 Å². The van der Waals surface area contributed by atoms with E-state index in [-0.39, 0.29) is 18.3 Å². The molecule has 1 fully saturated rings. The van der Waals surface area contributed by atoms with Crippen molar-refractivity contribution < 1.29 is 29.3 Å². The van der Waals surface area contributed by atoms with Crippen LogP contribution in [0.4, 0.5) is 0 Å². The number of hydrogen-bond donors (Lipinski definition) is 5. The molecule has 6 atom stereocenters. The van der Waals surface area contributed by atoms with Gasteiger partial charge in [0.1, 0.15) is 23.3 Å². The van der Waals surface area contributed by atoms with Crippen LogP contribution in [0.5, 0.6) is 0 Å². The minimum absolute atomic E-state index is 0.0650. The van der Waals surface area contributed by atoms with Gasteiger partial charge in [-0.05, 0) is 76.8 Å². The van der Waals surface area contributed by atoms with Crippen LogP contribution in [-0.2, 0) is 25.5 Å². The van der Waals surface area contributed by atoms with Gasteiger partial charge in [0.15, 0.2) is 0 Å². The highest BCUT2D eigenvalue weighted by molar-refractivity contribution is 5.94. The Morgan fingerprint density at radius 2 is 1.70 bits per heavy atom. The zero-order valence-corrected chi connectivity index (χ0v) is 29.1. The fourth-order valence-electron chi connectivity index (χ4n) is 6.63. The number of ether oxygens (including phenoxy) is 1. The molecule has 2 amide bonds. The van der Waals surface area contributed by atoms with Crippen LogP contribution in [0.15, 0.2) is 30.5 Å². The van der Waals surface area contributed by atoms with E-state index in [1.54, 1.807) is 27.7 Å². The largest absolute Gasteiger partial charge is 0.458 e. The van der Waals surface area contributed by atoms with E-state index in [4.69, 9.17) is 10.5 Å². The monoisotopic (exact) mass is 642 g/mol. The van der Waals surface area contributed by atoms with E-state index in [1.165, 1.54) is 4.90 Å². The van der Waals surface area contributed by atoms with Crippen molar-refractivity contribution >= 4 is 28.7 Å². The Bertz CT molecular complexity index is 1310. The number of aromatic nitrogens is 1. The van der Waals surface area contributed by atoms with Crippen molar-refractivity contribution in [1.82, 2.24) is 15.2 Å². The van der Waals surface area contributed by atoms with Gasteiger partial charge in [-0.2, -0.15) is 0 Å². The molecule has 1 aromatic heterocycles. The molecule has 0 bridgehead atoms. The minimum Gasteiger partial charge on any atom is -0.458 e. The van der Waals surface area contributed by atoms with E-state index in [2.05, 4.69) is 10.3 Å². The summed E-state index contributed by atoms with van der Waals surface area (Å²) in [6, 6.07) is 4.86. The maximum Gasteiger partial charge on any atom is 0.332 e. The number of carbonyl (C=O) groups excluding carboxylic acids is 3. The molecule has 1 aliphatic rings. The van der Waals surface area contributed by atoms with Crippen molar-refractivity contribution in [1.29, 1.82) is 0 Å². The fourth-order valence-corrected chi connectivity index (χ4v) is 6.63. The second kappa shape index (κ2) is 15.8. The van der Waals surface area contributed by atoms with Crippen LogP contribution in [0.1, 0.15) is 106 Å². The number of hydrogen-bond acceptors (Lipinski definition) is 7. The Hall–Kier alpha value is -2.95. The highest BCUT2D eigenvalue weighted by Gasteiger charge is 2.55. The molecule has 3 rings (SSSR count). The van der Waals surface area contributed by atoms with E-state index in [0.29, 0.717) is 38.5 Å². The van der Waals surface area contributed by atoms with Gasteiger partial charge in [0.2, 0.25) is 11.8 Å². The molecular weight excluding hydrogens is 584 g/mol. The van der Waals surface area contributed by atoms with Crippen molar-refractivity contribution in [3.63, 3.8) is 0 Å². The molecule has 2 aromatic rings. The summed E-state index contributed by atoms with van der Waals surface area (Å²) in [5.74, 6) is -1.76. The Morgan fingerprint density at radius 3 is 2.26 bits per heavy atom. The molecule has 258 valence electrons. The van der Waals surface area contributed by atoms with Gasteiger partial charge in [-0.15, -0.1) is 0 Å². The summed E-state index contributed by atoms with van der Waals surface area (Å²) < 4.78 is 6.07. The number of carbonyl (C=O) groups is 3. The molecule has 0 radical (unpaired) electrons. The van der Waals surface area contributed by atoms with Gasteiger partial charge in [0.25, 0.3) is 0 Å². The Morgan fingerprint density at radius 1 is 1.07 bits per heavy atom. The zero-order chi connectivity index (χ0) is 34.4. The second-order valence-electron chi connectivity index (χ2n) is 14.8. The van der Waals surface area contributed by atoms with Gasteiger partial charge in [-0.3, -0.25) is 9.59 Å². The molecule has 1 aliphatic carbocycles. The molecule has 0 aliphatic heterocycles. The summed E-state index contributed by atoms with van der Waals surface area (Å²) in [4.78, 5) is 47.5. The van der Waals surface area contributed by atoms with Crippen LogP contribution < -0.4 is 11.1 Å². The third-order valence-corrected chi connectivity index (χ3v) is 9.29. The number of nitrogens with one attached hydrogen (secondary N) is 2. The highest BCUT2D eigenvalue weighted by Crippen LogP contribution is 2.40. The van der Waals surface area contributed by atoms with Gasteiger partial charge in [0.05, 0.1) is 18.2 Å². The van der Waals surface area contributed by atoms with Crippen molar-refractivity contribution in [3.05, 3.63) is 36.0 Å². The molecular formula is C36H58N4O6. The average Bonchev–Trinajstić information content (AvgIpc) is 3.40. The second-order valence-corrected chi connectivity index (χ2v) is 14.8. The van der Waals surface area contributed by atoms with E-state index in [9.17, 15) is 19.8 Å². The molecule has 1 aromatic carbocycles. The number of aliphatic hydroxyl groups is 2. The minimum atomic E-state index is -1.43. The van der Waals surface area contributed by atoms with Crippen LogP contribution in [-0.4, -0.2) is 79.4 Å². The summed E-state index contributed by atoms with van der Waals surface area (Å²) in [7, 11) is 0. The summed E-state index contributed by atoms with van der Waals surface area (Å²) in [6.45, 7) is 14.7. The number of H-pyrrole nitrogens is 1. The number of para-hydroxylation sites is 1. The van der Waals surface area contributed by atoms with Crippen LogP contribution in [0.25, 0.3) is 10.9 Å². The van der Waals surface area contributed by atoms with Gasteiger partial charge in [-0.1, -0.05) is 71.6 Å². The maximum absolute atomic E-state index is 15.2. The van der Waals surface area contributed by atoms with E-state index in [1.807, 2.05) is 58.2 Å². The topological polar surface area (TPSA) is 158 Å². The number of nitrogens with zero attached hydrogens (tertiary/aromatic N) is 1. The lowest BCUT2D eigenvalue weighted by atomic mass is 9.76. The first-order valence-electron chi connectivity index (χ1n) is 17.1. The molecule has 0 unspecified atom stereocenters. The van der Waals surface area contributed by atoms with Crippen LogP contribution in [0.3, 0.4) is 0 Å². The van der Waals surface area contributed by atoms with Crippen molar-refractivity contribution in [2.45, 2.75) is 148 Å². The van der Waals surface area contributed by atoms with Gasteiger partial charge in [-0.25, -0.2) is 4.79 Å². The molecule has 10 nitrogen and oxygen atoms in total. The Kier molecular flexibility index (Phi) is 12.9. The molecule has 10 heteroatoms. The smallest absolute Gasteiger partial charge is 0.332 e. The molecule has 46 heavy (non-hydrogen) atoms. The Labute approximate surface area is 274 Å². The quantitative estimate of drug-likeness (QED) is 0.189. The molecule has 0 saturated heterocycles. The summed E-state index contributed by atoms with van der Waals surface area (Å²) in [5.41, 5.74) is 5.41. The zero-order valence-electron chi connectivity index (χ0n) is 29.1. The lowest BCUT2D eigenvalue weighted by Gasteiger charge is -2.51. The maximum atomic E-state index is 15.2. The fraction of sp³-hybridized carbons (Fsp3) is 0.694. The van der Waals surface area contributed by atoms with Gasteiger partial charge >= 0.3 is 5.97 Å². The predicted molar refractivity (Wildman–Crippen MR) is 181 cm³/mol. The number of aliphatic hydroxyl groups excluding tert-OH is 2. The molecule has 1 heterocycles. The number of benzene rings is 1. The Balaban J connectivity index is 2.32. The summed E-state index contributed by atoms with van der Waals surface area (Å²) in [6.07, 6.45) is 3.19. The predicted octanol–water partition coefficient (Wildman–Crippen LogP) is 4.60. The van der Waals surface area contributed by atoms with Crippen molar-refractivity contribution in [2.24, 2.45) is 17.6 Å². The van der Waals surface area contributed by atoms with Crippen molar-refractivity contribution in [3.8, 4) is 0 Å². The standard InChI is InChI=1S/C36H58N4O6/c1-9-23(4)30(39-32(43)24(5)37)33(44)40(36(17-13-10-14-18-36)34(45)46-35(6,7)8)28(31(42)29(41)19-22(2)3)20-25-21-38-27-16-12-11-15-26(25)27/h11-12,15-16,21-24,28-31,38,41-42H,9-10,13-14,17-20,37H2,1-8H3,(H,39,43)/t23-,24-,28-,29-,30-,31+/m0/s1. The van der Waals surface area contributed by atoms with Crippen LogP contribution in [0, 0.1) is 11.8 Å². The number of esters is 1. The summed E-state index contributed by atoms with van der Waals surface area (Å²) in [5, 5.41) is 27.4. The lowest BCUT2D eigenvalue weighted by Crippen LogP contribution is -2.70. The number of fused-ring (bicyclic) bond motifs is 1. The first-order chi connectivity index (χ1) is 21.5. The molecule has 0 spiro atoms.